The highest BCUT2D eigenvalue weighted by molar-refractivity contribution is 5.96. The van der Waals surface area contributed by atoms with Crippen LogP contribution in [-0.4, -0.2) is 37.0 Å². The molecule has 0 radical (unpaired) electrons. The highest BCUT2D eigenvalue weighted by Gasteiger charge is 2.24. The minimum Gasteiger partial charge on any atom is -0.603 e. The van der Waals surface area contributed by atoms with Gasteiger partial charge in [-0.2, -0.15) is 5.43 Å². The van der Waals surface area contributed by atoms with Gasteiger partial charge in [0.05, 0.1) is 6.54 Å². The van der Waals surface area contributed by atoms with E-state index in [0.717, 1.165) is 37.3 Å². The van der Waals surface area contributed by atoms with Crippen molar-refractivity contribution in [3.05, 3.63) is 28.5 Å². The van der Waals surface area contributed by atoms with Crippen LogP contribution in [0.1, 0.15) is 43.2 Å². The number of likely N-dealkylation sites (tertiary alicyclic amines) is 1. The maximum atomic E-state index is 12.4. The fourth-order valence-corrected chi connectivity index (χ4v) is 3.99. The molecule has 0 spiro atoms. The first-order valence-electron chi connectivity index (χ1n) is 9.30. The van der Waals surface area contributed by atoms with Crippen LogP contribution in [0.25, 0.3) is 0 Å². The van der Waals surface area contributed by atoms with Crippen molar-refractivity contribution in [1.82, 2.24) is 10.3 Å². The maximum absolute atomic E-state index is 12.4. The monoisotopic (exact) mass is 329 g/mol. The zero-order valence-corrected chi connectivity index (χ0v) is 14.2. The standard InChI is InChI=1S/C18H27N5O/c24-23-17-13-15-7-5-6-14(15)12-16(17)20-18(21-23)19-8-11-22-9-3-1-2-4-10-22/h12-13,23H,1-11H2,(H2,19,20,21). The molecular weight excluding hydrogens is 302 g/mol. The molecule has 1 aromatic rings. The van der Waals surface area contributed by atoms with Gasteiger partial charge in [-0.3, -0.25) is 0 Å². The van der Waals surface area contributed by atoms with E-state index in [0.29, 0.717) is 5.96 Å². The number of benzene rings is 1. The first-order chi connectivity index (χ1) is 11.8. The number of hydrogen-bond acceptors (Lipinski definition) is 3. The van der Waals surface area contributed by atoms with Gasteiger partial charge in [0.15, 0.2) is 5.69 Å². The van der Waals surface area contributed by atoms with Gasteiger partial charge in [-0.25, -0.2) is 10.2 Å². The molecule has 6 nitrogen and oxygen atoms in total. The van der Waals surface area contributed by atoms with E-state index >= 15 is 0 Å². The molecule has 130 valence electrons. The fraction of sp³-hybridized carbons (Fsp3) is 0.611. The predicted molar refractivity (Wildman–Crippen MR) is 96.4 cm³/mol. The van der Waals surface area contributed by atoms with Gasteiger partial charge in [0, 0.05) is 12.6 Å². The number of rotatable bonds is 3. The van der Waals surface area contributed by atoms with Crippen molar-refractivity contribution >= 4 is 17.3 Å². The van der Waals surface area contributed by atoms with E-state index in [1.54, 1.807) is 0 Å². The summed E-state index contributed by atoms with van der Waals surface area (Å²) >= 11 is 0. The molecule has 0 amide bonds. The fourth-order valence-electron chi connectivity index (χ4n) is 3.99. The first kappa shape index (κ1) is 15.9. The van der Waals surface area contributed by atoms with Gasteiger partial charge in [0.25, 0.3) is 0 Å². The smallest absolute Gasteiger partial charge is 0.243 e. The summed E-state index contributed by atoms with van der Waals surface area (Å²) in [6.07, 6.45) is 8.69. The van der Waals surface area contributed by atoms with E-state index in [1.165, 1.54) is 56.3 Å². The molecule has 1 fully saturated rings. The number of fused-ring (bicyclic) bond motifs is 2. The van der Waals surface area contributed by atoms with Gasteiger partial charge in [0.2, 0.25) is 5.96 Å². The number of anilines is 1. The molecule has 3 aliphatic rings. The van der Waals surface area contributed by atoms with Crippen LogP contribution in [0.4, 0.5) is 11.4 Å². The zero-order valence-electron chi connectivity index (χ0n) is 14.2. The van der Waals surface area contributed by atoms with Crippen LogP contribution >= 0.6 is 0 Å². The summed E-state index contributed by atoms with van der Waals surface area (Å²) in [4.78, 5) is 7.07. The second-order valence-corrected chi connectivity index (χ2v) is 7.09. The summed E-state index contributed by atoms with van der Waals surface area (Å²) in [6.45, 7) is 4.06. The molecule has 3 N–H and O–H groups in total. The second-order valence-electron chi connectivity index (χ2n) is 7.09. The van der Waals surface area contributed by atoms with Crippen LogP contribution in [0, 0.1) is 5.21 Å². The highest BCUT2D eigenvalue weighted by Crippen LogP contribution is 2.30. The van der Waals surface area contributed by atoms with E-state index in [4.69, 9.17) is 0 Å². The third-order valence-corrected chi connectivity index (χ3v) is 5.35. The van der Waals surface area contributed by atoms with Gasteiger partial charge in [-0.15, -0.1) is 0 Å². The molecule has 1 aromatic carbocycles. The van der Waals surface area contributed by atoms with Crippen LogP contribution in [0.2, 0.25) is 0 Å². The highest BCUT2D eigenvalue weighted by atomic mass is 16.5. The summed E-state index contributed by atoms with van der Waals surface area (Å²) in [5, 5.41) is 15.6. The Kier molecular flexibility index (Phi) is 4.69. The van der Waals surface area contributed by atoms with E-state index in [2.05, 4.69) is 26.7 Å². The number of aryl methyl sites for hydroxylation is 2. The number of hydrogen-bond donors (Lipinski definition) is 3. The third-order valence-electron chi connectivity index (χ3n) is 5.35. The van der Waals surface area contributed by atoms with Crippen LogP contribution in [0.3, 0.4) is 0 Å². The Morgan fingerprint density at radius 2 is 1.79 bits per heavy atom. The molecule has 1 atom stereocenters. The Labute approximate surface area is 143 Å². The van der Waals surface area contributed by atoms with Gasteiger partial charge < -0.3 is 15.4 Å². The lowest BCUT2D eigenvalue weighted by Crippen LogP contribution is -3.11. The number of nitrogens with zero attached hydrogens (tertiary/aromatic N) is 2. The van der Waals surface area contributed by atoms with E-state index in [-0.39, 0.29) is 5.17 Å². The lowest BCUT2D eigenvalue weighted by Gasteiger charge is -2.31. The summed E-state index contributed by atoms with van der Waals surface area (Å²) in [7, 11) is 0. The SMILES string of the molecule is [O-][NH+]1NC(=NCCN2CCCCCC2)Nc2cc3c(cc21)CCC3. The Morgan fingerprint density at radius 3 is 2.58 bits per heavy atom. The van der Waals surface area contributed by atoms with Crippen LogP contribution in [0.5, 0.6) is 0 Å². The van der Waals surface area contributed by atoms with Gasteiger partial charge in [0.1, 0.15) is 5.69 Å². The topological polar surface area (TPSA) is 67.2 Å². The lowest BCUT2D eigenvalue weighted by molar-refractivity contribution is -0.816. The molecular formula is C18H27N5O. The van der Waals surface area contributed by atoms with Crippen molar-refractivity contribution in [1.29, 1.82) is 0 Å². The molecule has 4 rings (SSSR count). The van der Waals surface area contributed by atoms with Crippen LogP contribution in [0.15, 0.2) is 17.1 Å². The molecule has 24 heavy (non-hydrogen) atoms. The number of guanidine groups is 1. The predicted octanol–water partition coefficient (Wildman–Crippen LogP) is 1.35. The van der Waals surface area contributed by atoms with Crippen molar-refractivity contribution < 1.29 is 5.17 Å². The van der Waals surface area contributed by atoms with Crippen molar-refractivity contribution in [2.24, 2.45) is 4.99 Å². The van der Waals surface area contributed by atoms with Crippen LogP contribution in [-0.2, 0) is 12.8 Å². The molecule has 1 saturated heterocycles. The van der Waals surface area contributed by atoms with Gasteiger partial charge in [-0.1, -0.05) is 12.8 Å². The quantitative estimate of drug-likeness (QED) is 0.733. The molecule has 1 aliphatic carbocycles. The Morgan fingerprint density at radius 1 is 1.04 bits per heavy atom. The summed E-state index contributed by atoms with van der Waals surface area (Å²) in [5.74, 6) is 0.597. The normalized spacial score (nSPS) is 25.5. The van der Waals surface area contributed by atoms with Crippen molar-refractivity contribution in [3.8, 4) is 0 Å². The molecule has 0 bridgehead atoms. The van der Waals surface area contributed by atoms with Crippen LogP contribution < -0.4 is 15.9 Å². The van der Waals surface area contributed by atoms with E-state index in [9.17, 15) is 5.21 Å². The Hall–Kier alpha value is -1.63. The second kappa shape index (κ2) is 7.09. The summed E-state index contributed by atoms with van der Waals surface area (Å²) in [5.41, 5.74) is 7.26. The largest absolute Gasteiger partial charge is 0.603 e. The third kappa shape index (κ3) is 3.41. The lowest BCUT2D eigenvalue weighted by atomic mass is 10.1. The first-order valence-corrected chi connectivity index (χ1v) is 9.30. The molecule has 0 aromatic heterocycles. The minimum atomic E-state index is -0.0352. The number of nitrogens with one attached hydrogen (secondary N) is 3. The van der Waals surface area contributed by atoms with Crippen molar-refractivity contribution in [2.75, 3.05) is 31.5 Å². The van der Waals surface area contributed by atoms with Gasteiger partial charge in [-0.05, 0) is 62.4 Å². The van der Waals surface area contributed by atoms with E-state index < -0.39 is 0 Å². The molecule has 2 heterocycles. The summed E-state index contributed by atoms with van der Waals surface area (Å²) < 4.78 is 0. The molecule has 6 heteroatoms. The minimum absolute atomic E-state index is 0.0352. The zero-order chi connectivity index (χ0) is 16.4. The Bertz CT molecular complexity index is 622. The molecule has 1 unspecified atom stereocenters. The van der Waals surface area contributed by atoms with Gasteiger partial charge >= 0.3 is 0 Å². The molecule has 2 aliphatic heterocycles. The van der Waals surface area contributed by atoms with E-state index in [1.807, 2.05) is 6.07 Å². The number of aliphatic imine (C=N–C) groups is 1. The maximum Gasteiger partial charge on any atom is 0.243 e. The Balaban J connectivity index is 1.40. The average Bonchev–Trinajstić information content (AvgIpc) is 2.87. The summed E-state index contributed by atoms with van der Waals surface area (Å²) in [6, 6.07) is 4.19. The van der Waals surface area contributed by atoms with Crippen molar-refractivity contribution in [3.63, 3.8) is 0 Å². The molecule has 0 saturated carbocycles. The average molecular weight is 329 g/mol. The van der Waals surface area contributed by atoms with Crippen molar-refractivity contribution in [2.45, 2.75) is 44.9 Å². The number of quaternary nitrogens is 1.